The molecular formula is H6AlBGdO3Yb. The van der Waals surface area contributed by atoms with Crippen LogP contribution in [0.15, 0.2) is 0 Å². The van der Waals surface area contributed by atoms with Gasteiger partial charge in [-0.25, -0.2) is 0 Å². The Bertz CT molecular complexity index is 19.7. The molecule has 0 bridgehead atoms. The van der Waals surface area contributed by atoms with Crippen LogP contribution in [0.4, 0.5) is 0 Å². The summed E-state index contributed by atoms with van der Waals surface area (Å²) in [5, 5.41) is 21.5. The average molecular weight is 422 g/mol. The van der Waals surface area contributed by atoms with E-state index in [9.17, 15) is 0 Å². The van der Waals surface area contributed by atoms with Gasteiger partial charge < -0.3 is 15.1 Å². The van der Waals surface area contributed by atoms with Crippen molar-refractivity contribution in [3.8, 4) is 0 Å². The second kappa shape index (κ2) is 16.2. The van der Waals surface area contributed by atoms with E-state index in [2.05, 4.69) is 0 Å². The van der Waals surface area contributed by atoms with Gasteiger partial charge in [0.2, 0.25) is 0 Å². The van der Waals surface area contributed by atoms with Crippen molar-refractivity contribution in [2.75, 3.05) is 0 Å². The van der Waals surface area contributed by atoms with Gasteiger partial charge in [0.05, 0.1) is 0 Å². The van der Waals surface area contributed by atoms with Crippen molar-refractivity contribution in [3.05, 3.63) is 0 Å². The predicted octanol–water partition coefficient (Wildman–Crippen LogP) is -3.24. The fourth-order valence-electron chi connectivity index (χ4n) is 0. The molecule has 0 radical (unpaired) electrons. The van der Waals surface area contributed by atoms with Crippen molar-refractivity contribution in [2.45, 2.75) is 0 Å². The molecule has 0 aliphatic heterocycles. The standard InChI is InChI=1S/Al.BH3O3.Gd.Yb.3H/c;2-1(3)4;;;;;/h;2-4H;;;;;. The van der Waals surface area contributed by atoms with Crippen LogP contribution in [-0.2, 0) is 0 Å². The second-order valence-corrected chi connectivity index (χ2v) is 0.346. The third kappa shape index (κ3) is 45.3. The van der Waals surface area contributed by atoms with E-state index in [1.54, 1.807) is 0 Å². The third-order valence-electron chi connectivity index (χ3n) is 0. The maximum atomic E-state index is 7.17. The summed E-state index contributed by atoms with van der Waals surface area (Å²) < 4.78 is 0. The molecule has 0 saturated heterocycles. The van der Waals surface area contributed by atoms with E-state index in [1.165, 1.54) is 0 Å². The Balaban J connectivity index is -0.0000000150. The smallest absolute Gasteiger partial charge is 0.402 e. The van der Waals surface area contributed by atoms with E-state index in [1.807, 2.05) is 0 Å². The molecule has 0 aliphatic carbocycles. The maximum absolute atomic E-state index is 7.17. The molecular weight excluding hydrogens is 416 g/mol. The van der Waals surface area contributed by atoms with Crippen LogP contribution in [0, 0.1) is 86.9 Å². The van der Waals surface area contributed by atoms with Gasteiger partial charge >= 0.3 is 7.32 Å². The zero-order valence-corrected chi connectivity index (χ0v) is 6.52. The van der Waals surface area contributed by atoms with E-state index >= 15 is 0 Å². The fourth-order valence-corrected chi connectivity index (χ4v) is 0. The molecule has 0 fully saturated rings. The summed E-state index contributed by atoms with van der Waals surface area (Å²) >= 11 is 0. The number of rotatable bonds is 0. The largest absolute Gasteiger partial charge is 0.631 e. The zero-order valence-electron chi connectivity index (χ0n) is 2.54. The number of hydrogen-bond donors (Lipinski definition) is 3. The van der Waals surface area contributed by atoms with Crippen LogP contribution < -0.4 is 0 Å². The van der Waals surface area contributed by atoms with Crippen LogP contribution >= 0.6 is 0 Å². The van der Waals surface area contributed by atoms with Gasteiger partial charge in [0.1, 0.15) is 0 Å². The average Bonchev–Trinajstić information content (AvgIpc) is 0.811. The first-order valence-electron chi connectivity index (χ1n) is 0.775. The fraction of sp³-hybridized carbons (Fsp3) is 0. The van der Waals surface area contributed by atoms with Crippen molar-refractivity contribution >= 4 is 24.7 Å². The van der Waals surface area contributed by atoms with Crippen molar-refractivity contribution < 1.29 is 102 Å². The molecule has 7 heavy (non-hydrogen) atoms. The summed E-state index contributed by atoms with van der Waals surface area (Å²) in [4.78, 5) is 0. The molecule has 0 aromatic rings. The second-order valence-electron chi connectivity index (χ2n) is 0.346. The molecule has 3 N–H and O–H groups in total. The normalized spacial score (nSPS) is 3.86. The van der Waals surface area contributed by atoms with Crippen LogP contribution in [0.1, 0.15) is 0 Å². The summed E-state index contributed by atoms with van der Waals surface area (Å²) in [5.41, 5.74) is 0. The van der Waals surface area contributed by atoms with Gasteiger partial charge in [-0.3, -0.25) is 0 Å². The molecule has 3 nitrogen and oxygen atoms in total. The monoisotopic (exact) mass is 424 g/mol. The topological polar surface area (TPSA) is 60.7 Å². The molecule has 0 heterocycles. The molecule has 0 atom stereocenters. The van der Waals surface area contributed by atoms with Gasteiger partial charge in [0, 0.05) is 86.9 Å². The van der Waals surface area contributed by atoms with Crippen molar-refractivity contribution in [3.63, 3.8) is 0 Å². The van der Waals surface area contributed by atoms with Gasteiger partial charge in [-0.15, -0.1) is 0 Å². The van der Waals surface area contributed by atoms with Crippen LogP contribution in [0.2, 0.25) is 0 Å². The molecule has 52 valence electrons. The maximum Gasteiger partial charge on any atom is 0.631 e. The van der Waals surface area contributed by atoms with Crippen molar-refractivity contribution in [1.29, 1.82) is 0 Å². The van der Waals surface area contributed by atoms with E-state index in [4.69, 9.17) is 15.1 Å². The van der Waals surface area contributed by atoms with Gasteiger partial charge in [0.15, 0.2) is 17.4 Å². The minimum Gasteiger partial charge on any atom is -0.402 e. The van der Waals surface area contributed by atoms with E-state index in [0.29, 0.717) is 0 Å². The van der Waals surface area contributed by atoms with Gasteiger partial charge in [-0.2, -0.15) is 0 Å². The van der Waals surface area contributed by atoms with E-state index in [0.717, 1.165) is 0 Å². The van der Waals surface area contributed by atoms with Crippen LogP contribution in [0.3, 0.4) is 0 Å². The third-order valence-corrected chi connectivity index (χ3v) is 0. The Morgan fingerprint density at radius 3 is 1.00 bits per heavy atom. The van der Waals surface area contributed by atoms with E-state index in [-0.39, 0.29) is 104 Å². The number of hydrogen-bond acceptors (Lipinski definition) is 3. The molecule has 0 spiro atoms. The van der Waals surface area contributed by atoms with Crippen LogP contribution in [-0.4, -0.2) is 39.8 Å². The Labute approximate surface area is 123 Å². The molecule has 0 aliphatic rings. The summed E-state index contributed by atoms with van der Waals surface area (Å²) in [6, 6.07) is 0. The van der Waals surface area contributed by atoms with Gasteiger partial charge in [-0.05, 0) is 0 Å². The summed E-state index contributed by atoms with van der Waals surface area (Å²) in [7, 11) is -2.17. The summed E-state index contributed by atoms with van der Waals surface area (Å²) in [6.45, 7) is 0. The Morgan fingerprint density at radius 1 is 1.00 bits per heavy atom. The SMILES string of the molecule is OB(O)O.[AlH3].[Gd].[Yb]. The summed E-state index contributed by atoms with van der Waals surface area (Å²) in [6.07, 6.45) is 0. The zero-order chi connectivity index (χ0) is 3.58. The van der Waals surface area contributed by atoms with Gasteiger partial charge in [0.25, 0.3) is 0 Å². The molecule has 0 amide bonds. The van der Waals surface area contributed by atoms with Gasteiger partial charge in [-0.1, -0.05) is 0 Å². The van der Waals surface area contributed by atoms with Crippen LogP contribution in [0.25, 0.3) is 0 Å². The van der Waals surface area contributed by atoms with Crippen molar-refractivity contribution in [2.24, 2.45) is 0 Å². The molecule has 7 heteroatoms. The molecule has 0 rings (SSSR count). The van der Waals surface area contributed by atoms with E-state index < -0.39 is 7.32 Å². The minimum atomic E-state index is -2.17. The van der Waals surface area contributed by atoms with Crippen molar-refractivity contribution in [1.82, 2.24) is 0 Å². The Kier molecular flexibility index (Phi) is 51.8. The Morgan fingerprint density at radius 2 is 1.00 bits per heavy atom. The molecule has 0 unspecified atom stereocenters. The summed E-state index contributed by atoms with van der Waals surface area (Å²) in [5.74, 6) is 0. The van der Waals surface area contributed by atoms with Crippen LogP contribution in [0.5, 0.6) is 0 Å². The molecule has 0 aromatic carbocycles. The Hall–Kier alpha value is 3.32. The molecule has 0 saturated carbocycles. The molecule has 0 aromatic heterocycles. The minimum absolute atomic E-state index is 0. The quantitative estimate of drug-likeness (QED) is 0.360. The first kappa shape index (κ1) is 22.4. The first-order chi connectivity index (χ1) is 1.73. The predicted molar refractivity (Wildman–Crippen MR) is 22.3 cm³/mol. The first-order valence-corrected chi connectivity index (χ1v) is 0.775.